The third-order valence-electron chi connectivity index (χ3n) is 4.77. The van der Waals surface area contributed by atoms with Gasteiger partial charge >= 0.3 is 0 Å². The largest absolute Gasteiger partial charge is 0.352 e. The summed E-state index contributed by atoms with van der Waals surface area (Å²) in [7, 11) is 0. The van der Waals surface area contributed by atoms with E-state index in [2.05, 4.69) is 15.1 Å². The number of nitrogens with one attached hydrogen (secondary N) is 1. The van der Waals surface area contributed by atoms with Gasteiger partial charge in [-0.2, -0.15) is 5.10 Å². The lowest BCUT2D eigenvalue weighted by Gasteiger charge is -2.35. The molecule has 0 unspecified atom stereocenters. The van der Waals surface area contributed by atoms with Gasteiger partial charge in [0.05, 0.1) is 16.3 Å². The number of carbonyl (C=O) groups is 1. The molecular weight excluding hydrogens is 386 g/mol. The van der Waals surface area contributed by atoms with E-state index in [4.69, 9.17) is 11.6 Å². The van der Waals surface area contributed by atoms with E-state index < -0.39 is 5.82 Å². The summed E-state index contributed by atoms with van der Waals surface area (Å²) < 4.78 is 26.3. The Hall–Kier alpha value is -2.93. The molecule has 1 aliphatic heterocycles. The van der Waals surface area contributed by atoms with Crippen molar-refractivity contribution in [2.75, 3.05) is 31.1 Å². The number of aromatic amines is 1. The minimum Gasteiger partial charge on any atom is -0.352 e. The van der Waals surface area contributed by atoms with Gasteiger partial charge in [0.1, 0.15) is 11.6 Å². The molecule has 28 heavy (non-hydrogen) atoms. The first-order valence-electron chi connectivity index (χ1n) is 8.82. The molecule has 144 valence electrons. The van der Waals surface area contributed by atoms with Crippen LogP contribution in [0.5, 0.6) is 0 Å². The molecule has 1 fully saturated rings. The summed E-state index contributed by atoms with van der Waals surface area (Å²) in [5.41, 5.74) is 1.95. The van der Waals surface area contributed by atoms with Crippen molar-refractivity contribution < 1.29 is 13.6 Å². The smallest absolute Gasteiger partial charge is 0.255 e. The number of halogens is 3. The zero-order valence-corrected chi connectivity index (χ0v) is 15.6. The Bertz CT molecular complexity index is 998. The fourth-order valence-corrected chi connectivity index (χ4v) is 3.47. The summed E-state index contributed by atoms with van der Waals surface area (Å²) in [6, 6.07) is 11.9. The fraction of sp³-hybridized carbons (Fsp3) is 0.200. The SMILES string of the molecule is O=C(c1ccc(F)cc1Cl)N1CCN(c2cc(-c3ccc(F)cc3)[nH]n2)CC1. The number of H-pyrrole nitrogens is 1. The first kappa shape index (κ1) is 18.4. The molecule has 1 N–H and O–H groups in total. The number of hydrogen-bond donors (Lipinski definition) is 1. The van der Waals surface area contributed by atoms with Gasteiger partial charge in [-0.1, -0.05) is 11.6 Å². The molecule has 1 amide bonds. The first-order valence-corrected chi connectivity index (χ1v) is 9.20. The minimum absolute atomic E-state index is 0.115. The molecule has 0 spiro atoms. The first-order chi connectivity index (χ1) is 13.5. The van der Waals surface area contributed by atoms with Gasteiger partial charge in [-0.15, -0.1) is 0 Å². The molecule has 1 aliphatic rings. The van der Waals surface area contributed by atoms with Crippen LogP contribution in [-0.4, -0.2) is 47.2 Å². The number of piperazine rings is 1. The molecule has 2 heterocycles. The lowest BCUT2D eigenvalue weighted by molar-refractivity contribution is 0.0746. The standard InChI is InChI=1S/C20H17ClF2N4O/c21-17-11-15(23)5-6-16(17)20(28)27-9-7-26(8-10-27)19-12-18(24-25-19)13-1-3-14(22)4-2-13/h1-6,11-12H,7-10H2,(H,24,25). The second-order valence-corrected chi connectivity index (χ2v) is 6.96. The predicted molar refractivity (Wildman–Crippen MR) is 104 cm³/mol. The van der Waals surface area contributed by atoms with Crippen molar-refractivity contribution in [2.24, 2.45) is 0 Å². The maximum atomic E-state index is 13.2. The Morgan fingerprint density at radius 3 is 2.32 bits per heavy atom. The van der Waals surface area contributed by atoms with Crippen molar-refractivity contribution in [3.63, 3.8) is 0 Å². The van der Waals surface area contributed by atoms with Crippen LogP contribution in [0.25, 0.3) is 11.3 Å². The second kappa shape index (κ2) is 7.59. The van der Waals surface area contributed by atoms with Gasteiger partial charge in [-0.3, -0.25) is 9.89 Å². The van der Waals surface area contributed by atoms with Gasteiger partial charge in [-0.25, -0.2) is 8.78 Å². The normalized spacial score (nSPS) is 14.4. The van der Waals surface area contributed by atoms with Crippen LogP contribution >= 0.6 is 11.6 Å². The van der Waals surface area contributed by atoms with Gasteiger partial charge in [0.2, 0.25) is 0 Å². The van der Waals surface area contributed by atoms with Crippen molar-refractivity contribution in [1.82, 2.24) is 15.1 Å². The summed E-state index contributed by atoms with van der Waals surface area (Å²) in [6.07, 6.45) is 0. The van der Waals surface area contributed by atoms with Crippen LogP contribution in [-0.2, 0) is 0 Å². The van der Waals surface area contributed by atoms with Crippen LogP contribution < -0.4 is 4.90 Å². The third-order valence-corrected chi connectivity index (χ3v) is 5.08. The molecule has 4 rings (SSSR count). The van der Waals surface area contributed by atoms with Crippen LogP contribution in [0.1, 0.15) is 10.4 Å². The molecule has 3 aromatic rings. The van der Waals surface area contributed by atoms with Crippen molar-refractivity contribution >= 4 is 23.3 Å². The van der Waals surface area contributed by atoms with Crippen molar-refractivity contribution in [3.8, 4) is 11.3 Å². The molecule has 1 saturated heterocycles. The number of carbonyl (C=O) groups excluding carboxylic acids is 1. The highest BCUT2D eigenvalue weighted by molar-refractivity contribution is 6.33. The number of aromatic nitrogens is 2. The maximum absolute atomic E-state index is 13.2. The summed E-state index contributed by atoms with van der Waals surface area (Å²) in [4.78, 5) is 16.4. The van der Waals surface area contributed by atoms with E-state index >= 15 is 0 Å². The fourth-order valence-electron chi connectivity index (χ4n) is 3.22. The van der Waals surface area contributed by atoms with E-state index in [1.807, 2.05) is 6.07 Å². The molecule has 0 atom stereocenters. The lowest BCUT2D eigenvalue weighted by Crippen LogP contribution is -2.49. The van der Waals surface area contributed by atoms with Crippen LogP contribution in [0.15, 0.2) is 48.5 Å². The predicted octanol–water partition coefficient (Wildman–Crippen LogP) is 3.97. The average Bonchev–Trinajstić information content (AvgIpc) is 3.18. The average molecular weight is 403 g/mol. The number of benzene rings is 2. The third kappa shape index (κ3) is 3.71. The Morgan fingerprint density at radius 1 is 0.964 bits per heavy atom. The zero-order chi connectivity index (χ0) is 19.7. The molecule has 0 aliphatic carbocycles. The number of nitrogens with zero attached hydrogens (tertiary/aromatic N) is 3. The highest BCUT2D eigenvalue weighted by atomic mass is 35.5. The molecular formula is C20H17ClF2N4O. The monoisotopic (exact) mass is 402 g/mol. The number of rotatable bonds is 3. The Kier molecular flexibility index (Phi) is 5.00. The second-order valence-electron chi connectivity index (χ2n) is 6.55. The molecule has 0 saturated carbocycles. The minimum atomic E-state index is -0.470. The molecule has 5 nitrogen and oxygen atoms in total. The van der Waals surface area contributed by atoms with Crippen molar-refractivity contribution in [1.29, 1.82) is 0 Å². The Balaban J connectivity index is 1.41. The highest BCUT2D eigenvalue weighted by Gasteiger charge is 2.25. The van der Waals surface area contributed by atoms with Crippen LogP contribution in [0, 0.1) is 11.6 Å². The number of anilines is 1. The quantitative estimate of drug-likeness (QED) is 0.721. The van der Waals surface area contributed by atoms with Gasteiger partial charge in [0, 0.05) is 32.2 Å². The van der Waals surface area contributed by atoms with E-state index in [9.17, 15) is 13.6 Å². The zero-order valence-electron chi connectivity index (χ0n) is 14.8. The molecule has 0 radical (unpaired) electrons. The van der Waals surface area contributed by atoms with Crippen molar-refractivity contribution in [3.05, 3.63) is 70.8 Å². The molecule has 1 aromatic heterocycles. The Morgan fingerprint density at radius 2 is 1.64 bits per heavy atom. The summed E-state index contributed by atoms with van der Waals surface area (Å²) >= 11 is 6.00. The van der Waals surface area contributed by atoms with Gasteiger partial charge in [0.25, 0.3) is 5.91 Å². The van der Waals surface area contributed by atoms with Crippen LogP contribution in [0.3, 0.4) is 0 Å². The van der Waals surface area contributed by atoms with E-state index in [0.29, 0.717) is 31.7 Å². The van der Waals surface area contributed by atoms with E-state index in [1.54, 1.807) is 17.0 Å². The van der Waals surface area contributed by atoms with E-state index in [0.717, 1.165) is 23.1 Å². The molecule has 2 aromatic carbocycles. The van der Waals surface area contributed by atoms with E-state index in [-0.39, 0.29) is 16.7 Å². The summed E-state index contributed by atoms with van der Waals surface area (Å²) in [6.45, 7) is 2.23. The summed E-state index contributed by atoms with van der Waals surface area (Å²) in [5, 5.41) is 7.41. The highest BCUT2D eigenvalue weighted by Crippen LogP contribution is 2.24. The van der Waals surface area contributed by atoms with Crippen LogP contribution in [0.2, 0.25) is 5.02 Å². The van der Waals surface area contributed by atoms with Gasteiger partial charge in [0.15, 0.2) is 5.82 Å². The number of hydrogen-bond acceptors (Lipinski definition) is 3. The lowest BCUT2D eigenvalue weighted by atomic mass is 10.1. The van der Waals surface area contributed by atoms with Gasteiger partial charge < -0.3 is 9.80 Å². The maximum Gasteiger partial charge on any atom is 0.255 e. The van der Waals surface area contributed by atoms with Crippen molar-refractivity contribution in [2.45, 2.75) is 0 Å². The summed E-state index contributed by atoms with van der Waals surface area (Å²) in [5.74, 6) is -0.197. The van der Waals surface area contributed by atoms with Crippen LogP contribution in [0.4, 0.5) is 14.6 Å². The topological polar surface area (TPSA) is 52.2 Å². The molecule has 0 bridgehead atoms. The molecule has 8 heteroatoms. The Labute approximate surface area is 165 Å². The van der Waals surface area contributed by atoms with Gasteiger partial charge in [-0.05, 0) is 48.0 Å². The number of amides is 1. The van der Waals surface area contributed by atoms with E-state index in [1.165, 1.54) is 24.3 Å².